The monoisotopic (exact) mass is 261 g/mol. The van der Waals surface area contributed by atoms with Gasteiger partial charge in [-0.2, -0.15) is 0 Å². The summed E-state index contributed by atoms with van der Waals surface area (Å²) >= 11 is 0. The maximum Gasteiger partial charge on any atom is 0.419 e. The molecule has 5 nitrogen and oxygen atoms in total. The SMILES string of the molecule is CC1(NCCn2c(=O)oc3ccccc32)CCNC1. The van der Waals surface area contributed by atoms with Gasteiger partial charge in [0.15, 0.2) is 5.58 Å². The van der Waals surface area contributed by atoms with E-state index in [1.165, 1.54) is 0 Å². The number of nitrogens with one attached hydrogen (secondary N) is 2. The first-order valence-corrected chi connectivity index (χ1v) is 6.72. The van der Waals surface area contributed by atoms with Crippen molar-refractivity contribution < 1.29 is 4.42 Å². The molecule has 3 rings (SSSR count). The van der Waals surface area contributed by atoms with Crippen molar-refractivity contribution in [2.24, 2.45) is 0 Å². The highest BCUT2D eigenvalue weighted by Gasteiger charge is 2.27. The summed E-state index contributed by atoms with van der Waals surface area (Å²) in [5.41, 5.74) is 1.66. The second kappa shape index (κ2) is 4.83. The van der Waals surface area contributed by atoms with Gasteiger partial charge in [0.1, 0.15) is 0 Å². The normalized spacial score (nSPS) is 23.2. The van der Waals surface area contributed by atoms with Crippen LogP contribution in [0.25, 0.3) is 11.1 Å². The smallest absolute Gasteiger partial charge is 0.408 e. The Hall–Kier alpha value is -1.59. The van der Waals surface area contributed by atoms with Gasteiger partial charge in [0.2, 0.25) is 0 Å². The van der Waals surface area contributed by atoms with Gasteiger partial charge in [-0.05, 0) is 32.0 Å². The lowest BCUT2D eigenvalue weighted by molar-refractivity contribution is 0.373. The Bertz CT molecular complexity index is 623. The third-order valence-electron chi connectivity index (χ3n) is 3.83. The van der Waals surface area contributed by atoms with Crippen LogP contribution in [0.5, 0.6) is 0 Å². The molecule has 1 saturated heterocycles. The Morgan fingerprint density at radius 1 is 1.47 bits per heavy atom. The van der Waals surface area contributed by atoms with E-state index < -0.39 is 0 Å². The summed E-state index contributed by atoms with van der Waals surface area (Å²) in [4.78, 5) is 11.8. The molecule has 102 valence electrons. The van der Waals surface area contributed by atoms with Crippen LogP contribution >= 0.6 is 0 Å². The van der Waals surface area contributed by atoms with Gasteiger partial charge >= 0.3 is 5.76 Å². The number of fused-ring (bicyclic) bond motifs is 1. The van der Waals surface area contributed by atoms with Crippen LogP contribution < -0.4 is 16.4 Å². The lowest BCUT2D eigenvalue weighted by atomic mass is 10.0. The van der Waals surface area contributed by atoms with Gasteiger partial charge in [0.05, 0.1) is 5.52 Å². The van der Waals surface area contributed by atoms with E-state index in [1.54, 1.807) is 4.57 Å². The molecule has 5 heteroatoms. The van der Waals surface area contributed by atoms with Crippen molar-refractivity contribution in [3.63, 3.8) is 0 Å². The summed E-state index contributed by atoms with van der Waals surface area (Å²) in [6.45, 7) is 5.64. The summed E-state index contributed by atoms with van der Waals surface area (Å²) in [7, 11) is 0. The number of hydrogen-bond donors (Lipinski definition) is 2. The Morgan fingerprint density at radius 3 is 3.11 bits per heavy atom. The van der Waals surface area contributed by atoms with E-state index in [0.717, 1.165) is 31.6 Å². The van der Waals surface area contributed by atoms with E-state index in [4.69, 9.17) is 4.42 Å². The summed E-state index contributed by atoms with van der Waals surface area (Å²) < 4.78 is 6.90. The number of hydrogen-bond acceptors (Lipinski definition) is 4. The number of para-hydroxylation sites is 2. The Kier molecular flexibility index (Phi) is 3.16. The third kappa shape index (κ3) is 2.43. The molecule has 2 aromatic rings. The van der Waals surface area contributed by atoms with Crippen LogP contribution in [0.2, 0.25) is 0 Å². The van der Waals surface area contributed by atoms with E-state index in [0.29, 0.717) is 12.1 Å². The Morgan fingerprint density at radius 2 is 2.32 bits per heavy atom. The van der Waals surface area contributed by atoms with E-state index in [-0.39, 0.29) is 11.3 Å². The molecular formula is C14H19N3O2. The molecule has 1 aliphatic heterocycles. The molecule has 1 unspecified atom stereocenters. The van der Waals surface area contributed by atoms with Gasteiger partial charge < -0.3 is 15.1 Å². The molecule has 1 fully saturated rings. The fourth-order valence-electron chi connectivity index (χ4n) is 2.66. The van der Waals surface area contributed by atoms with Crippen LogP contribution in [0, 0.1) is 0 Å². The van der Waals surface area contributed by atoms with Crippen molar-refractivity contribution >= 4 is 11.1 Å². The van der Waals surface area contributed by atoms with Gasteiger partial charge in [-0.25, -0.2) is 4.79 Å². The van der Waals surface area contributed by atoms with Crippen molar-refractivity contribution in [2.45, 2.75) is 25.4 Å². The fourth-order valence-corrected chi connectivity index (χ4v) is 2.66. The van der Waals surface area contributed by atoms with Gasteiger partial charge in [0.25, 0.3) is 0 Å². The van der Waals surface area contributed by atoms with Crippen LogP contribution in [-0.4, -0.2) is 29.7 Å². The lowest BCUT2D eigenvalue weighted by Gasteiger charge is -2.24. The Labute approximate surface area is 111 Å². The first-order valence-electron chi connectivity index (χ1n) is 6.72. The molecule has 1 atom stereocenters. The maximum absolute atomic E-state index is 11.8. The zero-order valence-electron chi connectivity index (χ0n) is 11.1. The second-order valence-corrected chi connectivity index (χ2v) is 5.40. The molecule has 1 aromatic heterocycles. The fraction of sp³-hybridized carbons (Fsp3) is 0.500. The Balaban J connectivity index is 1.72. The summed E-state index contributed by atoms with van der Waals surface area (Å²) in [6, 6.07) is 7.53. The maximum atomic E-state index is 11.8. The van der Waals surface area contributed by atoms with Crippen LogP contribution in [0.4, 0.5) is 0 Å². The molecule has 0 bridgehead atoms. The molecule has 1 aliphatic rings. The highest BCUT2D eigenvalue weighted by Crippen LogP contribution is 2.14. The number of benzene rings is 1. The average Bonchev–Trinajstić information content (AvgIpc) is 2.95. The molecule has 2 N–H and O–H groups in total. The van der Waals surface area contributed by atoms with Gasteiger partial charge in [-0.3, -0.25) is 4.57 Å². The molecule has 0 radical (unpaired) electrons. The first kappa shape index (κ1) is 12.4. The van der Waals surface area contributed by atoms with Gasteiger partial charge in [-0.1, -0.05) is 12.1 Å². The molecule has 0 aliphatic carbocycles. The van der Waals surface area contributed by atoms with Crippen LogP contribution in [0.15, 0.2) is 33.5 Å². The van der Waals surface area contributed by atoms with Gasteiger partial charge in [-0.15, -0.1) is 0 Å². The quantitative estimate of drug-likeness (QED) is 0.860. The van der Waals surface area contributed by atoms with Crippen molar-refractivity contribution in [3.8, 4) is 0 Å². The van der Waals surface area contributed by atoms with E-state index in [9.17, 15) is 4.79 Å². The van der Waals surface area contributed by atoms with Crippen molar-refractivity contribution in [1.29, 1.82) is 0 Å². The van der Waals surface area contributed by atoms with Crippen molar-refractivity contribution in [3.05, 3.63) is 34.8 Å². The summed E-state index contributed by atoms with van der Waals surface area (Å²) in [5, 5.41) is 6.87. The number of nitrogens with zero attached hydrogens (tertiary/aromatic N) is 1. The van der Waals surface area contributed by atoms with Crippen molar-refractivity contribution in [1.82, 2.24) is 15.2 Å². The highest BCUT2D eigenvalue weighted by atomic mass is 16.4. The molecule has 19 heavy (non-hydrogen) atoms. The topological polar surface area (TPSA) is 59.2 Å². The largest absolute Gasteiger partial charge is 0.419 e. The molecule has 0 amide bonds. The summed E-state index contributed by atoms with van der Waals surface area (Å²) in [6.07, 6.45) is 1.12. The van der Waals surface area contributed by atoms with Crippen molar-refractivity contribution in [2.75, 3.05) is 19.6 Å². The van der Waals surface area contributed by atoms with Crippen LogP contribution in [0.3, 0.4) is 0 Å². The van der Waals surface area contributed by atoms with Crippen LogP contribution in [0.1, 0.15) is 13.3 Å². The average molecular weight is 261 g/mol. The predicted molar refractivity (Wildman–Crippen MR) is 74.4 cm³/mol. The highest BCUT2D eigenvalue weighted by molar-refractivity contribution is 5.72. The lowest BCUT2D eigenvalue weighted by Crippen LogP contribution is -2.45. The molecule has 0 spiro atoms. The minimum atomic E-state index is -0.280. The third-order valence-corrected chi connectivity index (χ3v) is 3.83. The second-order valence-electron chi connectivity index (χ2n) is 5.40. The van der Waals surface area contributed by atoms with Crippen LogP contribution in [-0.2, 0) is 6.54 Å². The molecule has 0 saturated carbocycles. The number of oxazole rings is 1. The molecular weight excluding hydrogens is 242 g/mol. The van der Waals surface area contributed by atoms with E-state index >= 15 is 0 Å². The minimum absolute atomic E-state index is 0.142. The van der Waals surface area contributed by atoms with E-state index in [2.05, 4.69) is 17.6 Å². The van der Waals surface area contributed by atoms with E-state index in [1.807, 2.05) is 24.3 Å². The number of aromatic nitrogens is 1. The standard InChI is InChI=1S/C14H19N3O2/c1-14(6-7-15-10-14)16-8-9-17-11-4-2-3-5-12(11)19-13(17)18/h2-5,15-16H,6-10H2,1H3. The van der Waals surface area contributed by atoms with Gasteiger partial charge in [0, 0.05) is 25.2 Å². The number of rotatable bonds is 4. The molecule has 1 aromatic carbocycles. The minimum Gasteiger partial charge on any atom is -0.408 e. The summed E-state index contributed by atoms with van der Waals surface area (Å²) in [5.74, 6) is -0.280. The zero-order chi connectivity index (χ0) is 13.3. The first-order chi connectivity index (χ1) is 9.18. The zero-order valence-corrected chi connectivity index (χ0v) is 11.1. The molecule has 2 heterocycles. The predicted octanol–water partition coefficient (Wildman–Crippen LogP) is 0.936.